The highest BCUT2D eigenvalue weighted by atomic mass is 32.2. The van der Waals surface area contributed by atoms with E-state index >= 15 is 0 Å². The third-order valence-corrected chi connectivity index (χ3v) is 6.51. The molecule has 1 N–H and O–H groups in total. The van der Waals surface area contributed by atoms with Gasteiger partial charge >= 0.3 is 0 Å². The van der Waals surface area contributed by atoms with Gasteiger partial charge in [-0.1, -0.05) is 84.6 Å². The molecule has 0 saturated heterocycles. The molecular formula is C22H21NO3S2. The molecule has 0 spiro atoms. The topological polar surface area (TPSA) is 63.2 Å². The quantitative estimate of drug-likeness (QED) is 0.548. The Morgan fingerprint density at radius 1 is 0.786 bits per heavy atom. The van der Waals surface area contributed by atoms with Crippen molar-refractivity contribution in [3.05, 3.63) is 90.5 Å². The number of sulfonamides is 1. The van der Waals surface area contributed by atoms with Crippen LogP contribution in [0, 0.1) is 0 Å². The van der Waals surface area contributed by atoms with Crippen LogP contribution in [0.1, 0.15) is 12.0 Å². The monoisotopic (exact) mass is 411 g/mol. The van der Waals surface area contributed by atoms with E-state index in [9.17, 15) is 13.2 Å². The normalized spacial score (nSPS) is 11.1. The lowest BCUT2D eigenvalue weighted by Gasteiger charge is -2.07. The van der Waals surface area contributed by atoms with Gasteiger partial charge in [0.1, 0.15) is 0 Å². The summed E-state index contributed by atoms with van der Waals surface area (Å²) in [4.78, 5) is 12.0. The summed E-state index contributed by atoms with van der Waals surface area (Å²) in [7, 11) is -3.80. The van der Waals surface area contributed by atoms with Crippen molar-refractivity contribution < 1.29 is 13.2 Å². The number of carbonyl (C=O) groups is 1. The zero-order chi connectivity index (χ0) is 19.8. The summed E-state index contributed by atoms with van der Waals surface area (Å²) < 4.78 is 26.3. The molecule has 1 amide bonds. The standard InChI is InChI=1S/C22H21NO3S2/c24-22(23-28(25,26)21-11-5-2-6-12-21)27-17-7-8-18-13-15-20(16-14-18)19-9-3-1-4-10-19/h1-6,9-16H,7-8,17H2,(H,23,24). The maximum atomic E-state index is 12.1. The summed E-state index contributed by atoms with van der Waals surface area (Å²) in [6.07, 6.45) is 1.62. The van der Waals surface area contributed by atoms with Crippen molar-refractivity contribution >= 4 is 27.0 Å². The summed E-state index contributed by atoms with van der Waals surface area (Å²) in [5.41, 5.74) is 3.54. The van der Waals surface area contributed by atoms with Crippen LogP contribution in [-0.2, 0) is 16.4 Å². The number of rotatable bonds is 7. The van der Waals surface area contributed by atoms with Crippen LogP contribution in [0.5, 0.6) is 0 Å². The molecule has 28 heavy (non-hydrogen) atoms. The van der Waals surface area contributed by atoms with Gasteiger partial charge in [0.15, 0.2) is 0 Å². The highest BCUT2D eigenvalue weighted by Gasteiger charge is 2.17. The molecule has 3 rings (SSSR count). The Morgan fingerprint density at radius 3 is 2.00 bits per heavy atom. The molecule has 0 radical (unpaired) electrons. The summed E-state index contributed by atoms with van der Waals surface area (Å²) in [6.45, 7) is 0. The molecule has 0 fully saturated rings. The second kappa shape index (κ2) is 9.57. The zero-order valence-corrected chi connectivity index (χ0v) is 16.9. The largest absolute Gasteiger partial charge is 0.292 e. The van der Waals surface area contributed by atoms with E-state index < -0.39 is 15.3 Å². The Balaban J connectivity index is 1.44. The lowest BCUT2D eigenvalue weighted by molar-refractivity contribution is 0.264. The molecule has 0 atom stereocenters. The Hall–Kier alpha value is -2.57. The van der Waals surface area contributed by atoms with Gasteiger partial charge < -0.3 is 0 Å². The van der Waals surface area contributed by atoms with Gasteiger partial charge in [0.05, 0.1) is 4.90 Å². The van der Waals surface area contributed by atoms with Gasteiger partial charge in [-0.25, -0.2) is 13.1 Å². The molecule has 0 saturated carbocycles. The Bertz CT molecular complexity index is 1000. The molecule has 0 unspecified atom stereocenters. The number of hydrogen-bond acceptors (Lipinski definition) is 4. The van der Waals surface area contributed by atoms with Crippen molar-refractivity contribution in [1.29, 1.82) is 0 Å². The van der Waals surface area contributed by atoms with E-state index in [0.717, 1.165) is 24.6 Å². The van der Waals surface area contributed by atoms with Gasteiger partial charge in [0.25, 0.3) is 15.3 Å². The number of amides is 1. The minimum Gasteiger partial charge on any atom is -0.261 e. The minimum absolute atomic E-state index is 0.0856. The van der Waals surface area contributed by atoms with Crippen LogP contribution >= 0.6 is 11.8 Å². The molecule has 0 aliphatic rings. The summed E-state index contributed by atoms with van der Waals surface area (Å²) in [5, 5.41) is -0.553. The van der Waals surface area contributed by atoms with Crippen molar-refractivity contribution in [3.63, 3.8) is 0 Å². The third kappa shape index (κ3) is 5.71. The minimum atomic E-state index is -3.80. The van der Waals surface area contributed by atoms with Gasteiger partial charge in [0.2, 0.25) is 0 Å². The van der Waals surface area contributed by atoms with E-state index in [1.165, 1.54) is 28.8 Å². The SMILES string of the molecule is O=C(NS(=O)(=O)c1ccccc1)SCCCc1ccc(-c2ccccc2)cc1. The van der Waals surface area contributed by atoms with Crippen molar-refractivity contribution in [1.82, 2.24) is 4.72 Å². The first kappa shape index (κ1) is 20.2. The average Bonchev–Trinajstić information content (AvgIpc) is 2.73. The predicted octanol–water partition coefficient (Wildman–Crippen LogP) is 5.12. The molecule has 4 nitrogen and oxygen atoms in total. The second-order valence-electron chi connectivity index (χ2n) is 6.22. The molecule has 0 bridgehead atoms. The highest BCUT2D eigenvalue weighted by molar-refractivity contribution is 8.14. The average molecular weight is 412 g/mol. The number of benzene rings is 3. The molecule has 0 aromatic heterocycles. The maximum absolute atomic E-state index is 12.1. The second-order valence-corrected chi connectivity index (χ2v) is 8.97. The molecule has 0 aliphatic heterocycles. The third-order valence-electron chi connectivity index (χ3n) is 4.18. The van der Waals surface area contributed by atoms with Crippen LogP contribution in [0.4, 0.5) is 4.79 Å². The maximum Gasteiger partial charge on any atom is 0.292 e. The molecule has 0 aliphatic carbocycles. The molecule has 3 aromatic rings. The van der Waals surface area contributed by atoms with Gasteiger partial charge in [0, 0.05) is 5.75 Å². The van der Waals surface area contributed by atoms with E-state index in [4.69, 9.17) is 0 Å². The number of thioether (sulfide) groups is 1. The fourth-order valence-electron chi connectivity index (χ4n) is 2.73. The first-order chi connectivity index (χ1) is 13.5. The molecular weight excluding hydrogens is 390 g/mol. The van der Waals surface area contributed by atoms with Gasteiger partial charge in [-0.05, 0) is 41.7 Å². The number of aryl methyl sites for hydroxylation is 1. The van der Waals surface area contributed by atoms with Crippen molar-refractivity contribution in [2.24, 2.45) is 0 Å². The van der Waals surface area contributed by atoms with Crippen molar-refractivity contribution in [2.45, 2.75) is 17.7 Å². The van der Waals surface area contributed by atoms with E-state index in [1.807, 2.05) is 18.2 Å². The number of nitrogens with one attached hydrogen (secondary N) is 1. The van der Waals surface area contributed by atoms with Gasteiger partial charge in [-0.3, -0.25) is 4.79 Å². The fraction of sp³-hybridized carbons (Fsp3) is 0.136. The van der Waals surface area contributed by atoms with Crippen molar-refractivity contribution in [3.8, 4) is 11.1 Å². The summed E-state index contributed by atoms with van der Waals surface area (Å²) in [6, 6.07) is 26.4. The lowest BCUT2D eigenvalue weighted by Crippen LogP contribution is -2.27. The summed E-state index contributed by atoms with van der Waals surface area (Å²) in [5.74, 6) is 0.552. The fourth-order valence-corrected chi connectivity index (χ4v) is 4.62. The molecule has 3 aromatic carbocycles. The van der Waals surface area contributed by atoms with Crippen LogP contribution in [0.15, 0.2) is 89.8 Å². The number of carbonyl (C=O) groups excluding carboxylic acids is 1. The summed E-state index contributed by atoms with van der Waals surface area (Å²) >= 11 is 0.988. The Kier molecular flexibility index (Phi) is 6.90. The van der Waals surface area contributed by atoms with Crippen LogP contribution in [-0.4, -0.2) is 19.4 Å². The van der Waals surface area contributed by atoms with Crippen LogP contribution in [0.2, 0.25) is 0 Å². The van der Waals surface area contributed by atoms with E-state index in [2.05, 4.69) is 41.1 Å². The first-order valence-corrected chi connectivity index (χ1v) is 11.4. The van der Waals surface area contributed by atoms with Gasteiger partial charge in [-0.2, -0.15) is 0 Å². The molecule has 6 heteroatoms. The van der Waals surface area contributed by atoms with E-state index in [-0.39, 0.29) is 4.90 Å². The van der Waals surface area contributed by atoms with Gasteiger partial charge in [-0.15, -0.1) is 0 Å². The van der Waals surface area contributed by atoms with Crippen molar-refractivity contribution in [2.75, 3.05) is 5.75 Å². The number of hydrogen-bond donors (Lipinski definition) is 1. The Labute approximate surface area is 170 Å². The van der Waals surface area contributed by atoms with Crippen LogP contribution in [0.25, 0.3) is 11.1 Å². The molecule has 0 heterocycles. The van der Waals surface area contributed by atoms with Crippen LogP contribution < -0.4 is 4.72 Å². The van der Waals surface area contributed by atoms with E-state index in [1.54, 1.807) is 18.2 Å². The Morgan fingerprint density at radius 2 is 1.36 bits per heavy atom. The molecule has 144 valence electrons. The smallest absolute Gasteiger partial charge is 0.261 e. The van der Waals surface area contributed by atoms with E-state index in [0.29, 0.717) is 5.75 Å². The lowest BCUT2D eigenvalue weighted by atomic mass is 10.0. The zero-order valence-electron chi connectivity index (χ0n) is 15.2. The first-order valence-electron chi connectivity index (χ1n) is 8.93. The predicted molar refractivity (Wildman–Crippen MR) is 115 cm³/mol. The van der Waals surface area contributed by atoms with Crippen LogP contribution in [0.3, 0.4) is 0 Å². The highest BCUT2D eigenvalue weighted by Crippen LogP contribution is 2.20.